The number of nitrogens with one attached hydrogen (secondary N) is 1. The van der Waals surface area contributed by atoms with E-state index in [4.69, 9.17) is 31.2 Å². The van der Waals surface area contributed by atoms with Crippen molar-refractivity contribution in [3.8, 4) is 23.0 Å². The molecular weight excluding hydrogens is 398 g/mol. The maximum Gasteiger partial charge on any atom is 0.263 e. The minimum absolute atomic E-state index is 0.191. The number of thiocarbonyl (C=S) groups is 1. The summed E-state index contributed by atoms with van der Waals surface area (Å²) >= 11 is 6.23. The van der Waals surface area contributed by atoms with Crippen molar-refractivity contribution in [3.05, 3.63) is 52.9 Å². The maximum absolute atomic E-state index is 11.8. The molecule has 0 radical (unpaired) electrons. The highest BCUT2D eigenvalue weighted by Gasteiger charge is 2.22. The first kappa shape index (κ1) is 20.0. The number of hydrogen-bond acceptors (Lipinski definition) is 7. The number of hydrogen-bond donors (Lipinski definition) is 1. The van der Waals surface area contributed by atoms with Crippen LogP contribution in [0, 0.1) is 0 Å². The lowest BCUT2D eigenvalue weighted by Crippen LogP contribution is -2.17. The molecule has 0 aromatic heterocycles. The van der Waals surface area contributed by atoms with Gasteiger partial charge >= 0.3 is 0 Å². The normalized spacial score (nSPS) is 14.7. The lowest BCUT2D eigenvalue weighted by molar-refractivity contribution is -0.115. The Morgan fingerprint density at radius 2 is 1.79 bits per heavy atom. The smallest absolute Gasteiger partial charge is 0.263 e. The van der Waals surface area contributed by atoms with E-state index in [1.165, 1.54) is 11.8 Å². The van der Waals surface area contributed by atoms with Gasteiger partial charge in [0.25, 0.3) is 5.91 Å². The molecule has 1 N–H and O–H groups in total. The summed E-state index contributed by atoms with van der Waals surface area (Å²) in [5, 5.41) is 2.59. The Bertz CT molecular complexity index is 913. The Hall–Kier alpha value is -2.71. The van der Waals surface area contributed by atoms with Gasteiger partial charge < -0.3 is 24.3 Å². The summed E-state index contributed by atoms with van der Waals surface area (Å²) in [5.74, 6) is 2.42. The van der Waals surface area contributed by atoms with E-state index in [0.29, 0.717) is 39.7 Å². The van der Waals surface area contributed by atoms with E-state index in [9.17, 15) is 4.79 Å². The fourth-order valence-electron chi connectivity index (χ4n) is 2.47. The van der Waals surface area contributed by atoms with Crippen LogP contribution in [0.1, 0.15) is 5.56 Å². The molecule has 0 unspecified atom stereocenters. The molecule has 1 aliphatic rings. The third-order valence-electron chi connectivity index (χ3n) is 3.78. The number of carbonyl (C=O) groups excluding carboxylic acids is 1. The SMILES string of the molecule is COc1cccc(OCCOc2ccc(/C=C3/SC(=S)NC3=O)cc2OC)c1. The molecule has 1 aliphatic heterocycles. The Balaban J connectivity index is 1.59. The molecule has 2 aromatic carbocycles. The number of carbonyl (C=O) groups is 1. The van der Waals surface area contributed by atoms with Crippen LogP contribution in [0.5, 0.6) is 23.0 Å². The molecule has 1 heterocycles. The monoisotopic (exact) mass is 417 g/mol. The van der Waals surface area contributed by atoms with Gasteiger partial charge in [0.05, 0.1) is 19.1 Å². The van der Waals surface area contributed by atoms with Crippen LogP contribution in [0.3, 0.4) is 0 Å². The highest BCUT2D eigenvalue weighted by Crippen LogP contribution is 2.31. The van der Waals surface area contributed by atoms with Crippen molar-refractivity contribution in [1.29, 1.82) is 0 Å². The Morgan fingerprint density at radius 1 is 1.00 bits per heavy atom. The number of ether oxygens (including phenoxy) is 4. The van der Waals surface area contributed by atoms with Crippen LogP contribution in [-0.2, 0) is 4.79 Å². The zero-order valence-electron chi connectivity index (χ0n) is 15.4. The van der Waals surface area contributed by atoms with Crippen LogP contribution in [0.15, 0.2) is 47.4 Å². The summed E-state index contributed by atoms with van der Waals surface area (Å²) in [6.07, 6.45) is 1.76. The second-order valence-electron chi connectivity index (χ2n) is 5.64. The molecule has 6 nitrogen and oxygen atoms in total. The Morgan fingerprint density at radius 3 is 2.50 bits per heavy atom. The van der Waals surface area contributed by atoms with Gasteiger partial charge in [-0.3, -0.25) is 4.79 Å². The van der Waals surface area contributed by atoms with E-state index in [1.54, 1.807) is 32.4 Å². The molecule has 8 heteroatoms. The van der Waals surface area contributed by atoms with E-state index in [1.807, 2.05) is 30.3 Å². The van der Waals surface area contributed by atoms with Crippen LogP contribution in [0.2, 0.25) is 0 Å². The van der Waals surface area contributed by atoms with E-state index in [0.717, 1.165) is 11.3 Å². The number of thioether (sulfide) groups is 1. The molecule has 1 fully saturated rings. The van der Waals surface area contributed by atoms with Gasteiger partial charge in [-0.2, -0.15) is 0 Å². The van der Waals surface area contributed by atoms with Gasteiger partial charge in [-0.25, -0.2) is 0 Å². The van der Waals surface area contributed by atoms with Gasteiger partial charge in [0, 0.05) is 6.07 Å². The first-order chi connectivity index (χ1) is 13.6. The third kappa shape index (κ3) is 5.17. The van der Waals surface area contributed by atoms with E-state index < -0.39 is 0 Å². The zero-order chi connectivity index (χ0) is 19.9. The first-order valence-corrected chi connectivity index (χ1v) is 9.64. The summed E-state index contributed by atoms with van der Waals surface area (Å²) in [5.41, 5.74) is 0.819. The second kappa shape index (κ2) is 9.48. The Labute approximate surface area is 172 Å². The molecule has 0 bridgehead atoms. The molecule has 3 rings (SSSR count). The van der Waals surface area contributed by atoms with Crippen molar-refractivity contribution in [2.24, 2.45) is 0 Å². The molecule has 28 heavy (non-hydrogen) atoms. The predicted molar refractivity (Wildman–Crippen MR) is 113 cm³/mol. The predicted octanol–water partition coefficient (Wildman–Crippen LogP) is 3.65. The topological polar surface area (TPSA) is 66.0 Å². The average Bonchev–Trinajstić information content (AvgIpc) is 3.02. The van der Waals surface area contributed by atoms with Crippen molar-refractivity contribution in [3.63, 3.8) is 0 Å². The van der Waals surface area contributed by atoms with Gasteiger partial charge in [-0.1, -0.05) is 36.1 Å². The fraction of sp³-hybridized carbons (Fsp3) is 0.200. The number of rotatable bonds is 8. The molecule has 1 saturated heterocycles. The van der Waals surface area contributed by atoms with E-state index in [-0.39, 0.29) is 5.91 Å². The molecule has 0 atom stereocenters. The van der Waals surface area contributed by atoms with Crippen LogP contribution >= 0.6 is 24.0 Å². The molecular formula is C20H19NO5S2. The van der Waals surface area contributed by atoms with E-state index >= 15 is 0 Å². The highest BCUT2D eigenvalue weighted by atomic mass is 32.2. The standard InChI is InChI=1S/C20H19NO5S2/c1-23-14-4-3-5-15(12-14)25-8-9-26-16-7-6-13(10-17(16)24-2)11-18-19(22)21-20(27)28-18/h3-7,10-12H,8-9H2,1-2H3,(H,21,22,27)/b18-11+. The van der Waals surface area contributed by atoms with Crippen LogP contribution in [0.25, 0.3) is 6.08 Å². The van der Waals surface area contributed by atoms with Gasteiger partial charge in [0.15, 0.2) is 11.5 Å². The molecule has 0 aliphatic carbocycles. The van der Waals surface area contributed by atoms with Crippen LogP contribution < -0.4 is 24.3 Å². The lowest BCUT2D eigenvalue weighted by atomic mass is 10.2. The zero-order valence-corrected chi connectivity index (χ0v) is 17.0. The minimum Gasteiger partial charge on any atom is -0.497 e. The summed E-state index contributed by atoms with van der Waals surface area (Å²) in [6.45, 7) is 0.719. The quantitative estimate of drug-likeness (QED) is 0.399. The van der Waals surface area contributed by atoms with Gasteiger partial charge in [0.1, 0.15) is 29.0 Å². The largest absolute Gasteiger partial charge is 0.497 e. The van der Waals surface area contributed by atoms with Crippen molar-refractivity contribution in [2.75, 3.05) is 27.4 Å². The molecule has 146 valence electrons. The van der Waals surface area contributed by atoms with Gasteiger partial charge in [-0.15, -0.1) is 0 Å². The first-order valence-electron chi connectivity index (χ1n) is 8.41. The minimum atomic E-state index is -0.191. The van der Waals surface area contributed by atoms with Crippen molar-refractivity contribution < 1.29 is 23.7 Å². The highest BCUT2D eigenvalue weighted by molar-refractivity contribution is 8.26. The van der Waals surface area contributed by atoms with Crippen molar-refractivity contribution in [1.82, 2.24) is 5.32 Å². The second-order valence-corrected chi connectivity index (χ2v) is 7.36. The van der Waals surface area contributed by atoms with Gasteiger partial charge in [-0.05, 0) is 35.9 Å². The fourth-order valence-corrected chi connectivity index (χ4v) is 3.51. The van der Waals surface area contributed by atoms with Crippen LogP contribution in [0.4, 0.5) is 0 Å². The summed E-state index contributed by atoms with van der Waals surface area (Å²) in [7, 11) is 3.18. The number of amides is 1. The third-order valence-corrected chi connectivity index (χ3v) is 4.94. The summed E-state index contributed by atoms with van der Waals surface area (Å²) < 4.78 is 22.4. The molecule has 0 spiro atoms. The Kier molecular flexibility index (Phi) is 6.78. The average molecular weight is 418 g/mol. The molecule has 1 amide bonds. The van der Waals surface area contributed by atoms with Crippen LogP contribution in [-0.4, -0.2) is 37.7 Å². The molecule has 2 aromatic rings. The number of benzene rings is 2. The molecule has 0 saturated carbocycles. The lowest BCUT2D eigenvalue weighted by Gasteiger charge is -2.12. The maximum atomic E-state index is 11.8. The van der Waals surface area contributed by atoms with Gasteiger partial charge in [0.2, 0.25) is 0 Å². The van der Waals surface area contributed by atoms with Crippen molar-refractivity contribution >= 4 is 40.3 Å². The van der Waals surface area contributed by atoms with E-state index in [2.05, 4.69) is 5.32 Å². The summed E-state index contributed by atoms with van der Waals surface area (Å²) in [4.78, 5) is 12.3. The van der Waals surface area contributed by atoms with Crippen molar-refractivity contribution in [2.45, 2.75) is 0 Å². The number of methoxy groups -OCH3 is 2. The summed E-state index contributed by atoms with van der Waals surface area (Å²) in [6, 6.07) is 12.8.